The average molecular weight is 412 g/mol. The van der Waals surface area contributed by atoms with Crippen LogP contribution in [-0.2, 0) is 11.2 Å². The van der Waals surface area contributed by atoms with Crippen molar-refractivity contribution >= 4 is 22.4 Å². The molecule has 0 spiro atoms. The van der Waals surface area contributed by atoms with Crippen LogP contribution in [0.2, 0.25) is 0 Å². The molecule has 1 atom stereocenters. The predicted molar refractivity (Wildman–Crippen MR) is 112 cm³/mol. The Hall–Kier alpha value is -2.93. The molecule has 1 unspecified atom stereocenters. The van der Waals surface area contributed by atoms with Crippen molar-refractivity contribution in [3.63, 3.8) is 0 Å². The highest BCUT2D eigenvalue weighted by Crippen LogP contribution is 2.24. The third-order valence-electron chi connectivity index (χ3n) is 4.83. The number of aromatic nitrogens is 1. The molecule has 7 heteroatoms. The van der Waals surface area contributed by atoms with Crippen LogP contribution in [0, 0.1) is 5.82 Å². The summed E-state index contributed by atoms with van der Waals surface area (Å²) in [4.78, 5) is 18.9. The van der Waals surface area contributed by atoms with Crippen molar-refractivity contribution in [2.75, 3.05) is 18.0 Å². The van der Waals surface area contributed by atoms with E-state index in [9.17, 15) is 9.18 Å². The second-order valence-electron chi connectivity index (χ2n) is 7.02. The van der Waals surface area contributed by atoms with Crippen LogP contribution >= 0.6 is 11.3 Å². The first kappa shape index (κ1) is 19.4. The van der Waals surface area contributed by atoms with Crippen LogP contribution in [0.3, 0.4) is 0 Å². The number of aryl methyl sites for hydroxylation is 1. The maximum absolute atomic E-state index is 13.0. The Labute approximate surface area is 173 Å². The topological polar surface area (TPSA) is 54.5 Å². The molecule has 0 radical (unpaired) electrons. The lowest BCUT2D eigenvalue weighted by molar-refractivity contribution is -0.121. The molecule has 1 fully saturated rings. The highest BCUT2D eigenvalue weighted by atomic mass is 32.1. The number of ether oxygens (including phenoxy) is 1. The summed E-state index contributed by atoms with van der Waals surface area (Å²) in [6, 6.07) is 13.7. The van der Waals surface area contributed by atoms with Gasteiger partial charge in [0.15, 0.2) is 5.13 Å². The third kappa shape index (κ3) is 5.32. The zero-order chi connectivity index (χ0) is 20.1. The normalized spacial score (nSPS) is 16.0. The van der Waals surface area contributed by atoms with Crippen LogP contribution in [0.4, 0.5) is 9.52 Å². The fourth-order valence-electron chi connectivity index (χ4n) is 3.38. The van der Waals surface area contributed by atoms with E-state index in [1.54, 1.807) is 29.7 Å². The SMILES string of the molecule is O=C(CCc1cccc(Oc2ccc(F)cc2)c1)NC1CCN(c2nccs2)C1. The number of rotatable bonds is 7. The van der Waals surface area contributed by atoms with Gasteiger partial charge in [0.2, 0.25) is 5.91 Å². The zero-order valence-corrected chi connectivity index (χ0v) is 16.7. The van der Waals surface area contributed by atoms with Crippen LogP contribution in [0.25, 0.3) is 0 Å². The lowest BCUT2D eigenvalue weighted by Gasteiger charge is -2.15. The molecule has 0 saturated carbocycles. The molecule has 1 aliphatic rings. The van der Waals surface area contributed by atoms with E-state index in [-0.39, 0.29) is 17.8 Å². The number of hydrogen-bond donors (Lipinski definition) is 1. The predicted octanol–water partition coefficient (Wildman–Crippen LogP) is 4.40. The number of nitrogens with one attached hydrogen (secondary N) is 1. The molecule has 4 rings (SSSR count). The molecule has 3 aromatic rings. The quantitative estimate of drug-likeness (QED) is 0.626. The fraction of sp³-hybridized carbons (Fsp3) is 0.273. The number of carbonyl (C=O) groups excluding carboxylic acids is 1. The minimum Gasteiger partial charge on any atom is -0.457 e. The third-order valence-corrected chi connectivity index (χ3v) is 5.66. The Bertz CT molecular complexity index is 947. The molecule has 29 heavy (non-hydrogen) atoms. The first-order valence-corrected chi connectivity index (χ1v) is 10.5. The standard InChI is InChI=1S/C22H22FN3O2S/c23-17-5-7-19(8-6-17)28-20-3-1-2-16(14-20)4-9-21(27)25-18-10-12-26(15-18)22-24-11-13-29-22/h1-3,5-8,11,13-14,18H,4,9-10,12,15H2,(H,25,27). The van der Waals surface area contributed by atoms with Crippen molar-refractivity contribution in [2.45, 2.75) is 25.3 Å². The summed E-state index contributed by atoms with van der Waals surface area (Å²) in [6.45, 7) is 1.72. The first-order chi connectivity index (χ1) is 14.2. The summed E-state index contributed by atoms with van der Waals surface area (Å²) in [5.41, 5.74) is 1.02. The number of amides is 1. The smallest absolute Gasteiger partial charge is 0.220 e. The molecule has 1 saturated heterocycles. The lowest BCUT2D eigenvalue weighted by Crippen LogP contribution is -2.37. The maximum Gasteiger partial charge on any atom is 0.220 e. The highest BCUT2D eigenvalue weighted by molar-refractivity contribution is 7.13. The van der Waals surface area contributed by atoms with E-state index in [0.29, 0.717) is 24.3 Å². The van der Waals surface area contributed by atoms with Crippen LogP contribution in [0.5, 0.6) is 11.5 Å². The van der Waals surface area contributed by atoms with Crippen molar-refractivity contribution in [1.29, 1.82) is 0 Å². The van der Waals surface area contributed by atoms with E-state index in [2.05, 4.69) is 15.2 Å². The summed E-state index contributed by atoms with van der Waals surface area (Å²) in [5, 5.41) is 6.11. The molecule has 5 nitrogen and oxygen atoms in total. The molecule has 2 heterocycles. The lowest BCUT2D eigenvalue weighted by atomic mass is 10.1. The van der Waals surface area contributed by atoms with Crippen molar-refractivity contribution in [3.8, 4) is 11.5 Å². The molecular weight excluding hydrogens is 389 g/mol. The Morgan fingerprint density at radius 2 is 2.10 bits per heavy atom. The molecule has 0 aliphatic carbocycles. The van der Waals surface area contributed by atoms with E-state index >= 15 is 0 Å². The fourth-order valence-corrected chi connectivity index (χ4v) is 4.06. The number of benzene rings is 2. The van der Waals surface area contributed by atoms with Gasteiger partial charge in [0, 0.05) is 37.1 Å². The molecule has 1 aromatic heterocycles. The largest absolute Gasteiger partial charge is 0.457 e. The van der Waals surface area contributed by atoms with Gasteiger partial charge < -0.3 is 15.0 Å². The van der Waals surface area contributed by atoms with E-state index in [4.69, 9.17) is 4.74 Å². The van der Waals surface area contributed by atoms with Crippen molar-refractivity contribution in [3.05, 3.63) is 71.5 Å². The summed E-state index contributed by atoms with van der Waals surface area (Å²) >= 11 is 1.62. The van der Waals surface area contributed by atoms with Crippen molar-refractivity contribution in [2.24, 2.45) is 0 Å². The number of hydrogen-bond acceptors (Lipinski definition) is 5. The van der Waals surface area contributed by atoms with Gasteiger partial charge in [-0.05, 0) is 54.8 Å². The molecule has 0 bridgehead atoms. The van der Waals surface area contributed by atoms with Gasteiger partial charge in [0.05, 0.1) is 0 Å². The second-order valence-corrected chi connectivity index (χ2v) is 7.89. The number of carbonyl (C=O) groups is 1. The highest BCUT2D eigenvalue weighted by Gasteiger charge is 2.25. The van der Waals surface area contributed by atoms with Gasteiger partial charge in [-0.1, -0.05) is 12.1 Å². The molecule has 2 aromatic carbocycles. The number of anilines is 1. The van der Waals surface area contributed by atoms with Gasteiger partial charge in [-0.2, -0.15) is 0 Å². The second kappa shape index (κ2) is 9.05. The average Bonchev–Trinajstić information content (AvgIpc) is 3.40. The molecule has 1 amide bonds. The number of thiazole rings is 1. The molecule has 150 valence electrons. The molecule has 1 aliphatic heterocycles. The number of halogens is 1. The monoisotopic (exact) mass is 411 g/mol. The van der Waals surface area contributed by atoms with Crippen LogP contribution in [0.1, 0.15) is 18.4 Å². The molecule has 1 N–H and O–H groups in total. The zero-order valence-electron chi connectivity index (χ0n) is 15.9. The van der Waals surface area contributed by atoms with Crippen molar-refractivity contribution < 1.29 is 13.9 Å². The van der Waals surface area contributed by atoms with Gasteiger partial charge in [0.25, 0.3) is 0 Å². The Morgan fingerprint density at radius 1 is 1.24 bits per heavy atom. The summed E-state index contributed by atoms with van der Waals surface area (Å²) in [6.07, 6.45) is 3.80. The van der Waals surface area contributed by atoms with E-state index in [0.717, 1.165) is 30.2 Å². The minimum absolute atomic E-state index is 0.0563. The van der Waals surface area contributed by atoms with Gasteiger partial charge >= 0.3 is 0 Å². The van der Waals surface area contributed by atoms with E-state index < -0.39 is 0 Å². The Balaban J connectivity index is 1.25. The van der Waals surface area contributed by atoms with Crippen LogP contribution in [-0.4, -0.2) is 30.0 Å². The van der Waals surface area contributed by atoms with Gasteiger partial charge in [-0.15, -0.1) is 11.3 Å². The maximum atomic E-state index is 13.0. The summed E-state index contributed by atoms with van der Waals surface area (Å²) in [5.74, 6) is 1.01. The van der Waals surface area contributed by atoms with E-state index in [1.165, 1.54) is 12.1 Å². The number of nitrogens with zero attached hydrogens (tertiary/aromatic N) is 2. The summed E-state index contributed by atoms with van der Waals surface area (Å²) in [7, 11) is 0. The summed E-state index contributed by atoms with van der Waals surface area (Å²) < 4.78 is 18.8. The van der Waals surface area contributed by atoms with Crippen LogP contribution in [0.15, 0.2) is 60.1 Å². The van der Waals surface area contributed by atoms with Crippen molar-refractivity contribution in [1.82, 2.24) is 10.3 Å². The van der Waals surface area contributed by atoms with Gasteiger partial charge in [-0.25, -0.2) is 9.37 Å². The van der Waals surface area contributed by atoms with E-state index in [1.807, 2.05) is 29.6 Å². The van der Waals surface area contributed by atoms with Gasteiger partial charge in [0.1, 0.15) is 17.3 Å². The van der Waals surface area contributed by atoms with Crippen LogP contribution < -0.4 is 15.0 Å². The Kier molecular flexibility index (Phi) is 6.05. The first-order valence-electron chi connectivity index (χ1n) is 9.62. The Morgan fingerprint density at radius 3 is 2.90 bits per heavy atom. The molecular formula is C22H22FN3O2S. The van der Waals surface area contributed by atoms with Gasteiger partial charge in [-0.3, -0.25) is 4.79 Å². The minimum atomic E-state index is -0.297.